The molecular formula is C19H14N8O2. The lowest BCUT2D eigenvalue weighted by Gasteiger charge is -2.08. The molecule has 0 saturated heterocycles. The van der Waals surface area contributed by atoms with Gasteiger partial charge in [0.2, 0.25) is 5.88 Å². The van der Waals surface area contributed by atoms with Gasteiger partial charge in [-0.1, -0.05) is 6.07 Å². The van der Waals surface area contributed by atoms with Crippen LogP contribution in [0.2, 0.25) is 0 Å². The summed E-state index contributed by atoms with van der Waals surface area (Å²) < 4.78 is 6.83. The molecule has 0 aliphatic carbocycles. The molecule has 0 saturated carbocycles. The van der Waals surface area contributed by atoms with Crippen LogP contribution in [0.25, 0.3) is 39.4 Å². The van der Waals surface area contributed by atoms with Crippen LogP contribution in [0.3, 0.4) is 0 Å². The van der Waals surface area contributed by atoms with Crippen molar-refractivity contribution < 1.29 is 9.53 Å². The van der Waals surface area contributed by atoms with Crippen molar-refractivity contribution in [2.75, 3.05) is 0 Å². The summed E-state index contributed by atoms with van der Waals surface area (Å²) in [6.07, 6.45) is 3.96. The highest BCUT2D eigenvalue weighted by molar-refractivity contribution is 5.90. The van der Waals surface area contributed by atoms with E-state index in [1.807, 2.05) is 29.7 Å². The van der Waals surface area contributed by atoms with E-state index in [0.717, 1.165) is 11.2 Å². The predicted octanol–water partition coefficient (Wildman–Crippen LogP) is 2.52. The highest BCUT2D eigenvalue weighted by Crippen LogP contribution is 2.29. The van der Waals surface area contributed by atoms with Crippen LogP contribution in [0, 0.1) is 6.92 Å². The minimum Gasteiger partial charge on any atom is -0.391 e. The van der Waals surface area contributed by atoms with E-state index in [2.05, 4.69) is 24.9 Å². The highest BCUT2D eigenvalue weighted by atomic mass is 16.6. The molecule has 5 aromatic rings. The number of ether oxygens (including phenoxy) is 1. The summed E-state index contributed by atoms with van der Waals surface area (Å²) in [5, 5.41) is 0.615. The number of aryl methyl sites for hydroxylation is 1. The minimum absolute atomic E-state index is 0.127. The Morgan fingerprint density at radius 1 is 1.14 bits per heavy atom. The van der Waals surface area contributed by atoms with Crippen LogP contribution in [0.1, 0.15) is 5.69 Å². The maximum atomic E-state index is 11.2. The normalized spacial score (nSPS) is 11.2. The summed E-state index contributed by atoms with van der Waals surface area (Å²) in [6, 6.07) is 9.22. The molecule has 0 fully saturated rings. The number of carbonyl (C=O) groups is 1. The topological polar surface area (TPSA) is 137 Å². The van der Waals surface area contributed by atoms with Crippen molar-refractivity contribution in [3.63, 3.8) is 0 Å². The van der Waals surface area contributed by atoms with E-state index in [1.54, 1.807) is 24.7 Å². The summed E-state index contributed by atoms with van der Waals surface area (Å²) in [7, 11) is 0. The molecular weight excluding hydrogens is 372 g/mol. The zero-order valence-electron chi connectivity index (χ0n) is 15.2. The first-order valence-electron chi connectivity index (χ1n) is 8.69. The second-order valence-electron chi connectivity index (χ2n) is 6.29. The number of rotatable bonds is 3. The SMILES string of the molecule is Cc1cccc(-c2nc(-n3ccc4c(OC(N)=O)nccc43)c3nc[nH]c3n2)n1. The third-order valence-electron chi connectivity index (χ3n) is 4.38. The lowest BCUT2D eigenvalue weighted by atomic mass is 10.3. The van der Waals surface area contributed by atoms with Crippen molar-refractivity contribution in [3.8, 4) is 23.2 Å². The van der Waals surface area contributed by atoms with Crippen molar-refractivity contribution in [1.82, 2.24) is 34.5 Å². The number of amides is 1. The molecule has 0 atom stereocenters. The number of nitrogens with one attached hydrogen (secondary N) is 1. The van der Waals surface area contributed by atoms with Crippen molar-refractivity contribution in [2.45, 2.75) is 6.92 Å². The molecule has 0 spiro atoms. The van der Waals surface area contributed by atoms with E-state index in [-0.39, 0.29) is 5.88 Å². The Balaban J connectivity index is 1.75. The van der Waals surface area contributed by atoms with Crippen molar-refractivity contribution in [1.29, 1.82) is 0 Å². The summed E-state index contributed by atoms with van der Waals surface area (Å²) >= 11 is 0. The quantitative estimate of drug-likeness (QED) is 0.486. The highest BCUT2D eigenvalue weighted by Gasteiger charge is 2.17. The van der Waals surface area contributed by atoms with Gasteiger partial charge in [0.1, 0.15) is 5.69 Å². The van der Waals surface area contributed by atoms with E-state index in [9.17, 15) is 4.79 Å². The number of carbonyl (C=O) groups excluding carboxylic acids is 1. The first kappa shape index (κ1) is 16.8. The van der Waals surface area contributed by atoms with Gasteiger partial charge in [-0.05, 0) is 31.2 Å². The number of hydrogen-bond donors (Lipinski definition) is 2. The molecule has 10 heteroatoms. The molecule has 0 unspecified atom stereocenters. The maximum absolute atomic E-state index is 11.2. The van der Waals surface area contributed by atoms with Crippen LogP contribution in [-0.4, -0.2) is 40.6 Å². The number of H-pyrrole nitrogens is 1. The van der Waals surface area contributed by atoms with Crippen LogP contribution in [0.15, 0.2) is 49.1 Å². The second-order valence-corrected chi connectivity index (χ2v) is 6.29. The number of nitrogens with zero attached hydrogens (tertiary/aromatic N) is 6. The smallest absolute Gasteiger partial charge is 0.391 e. The molecule has 29 heavy (non-hydrogen) atoms. The average Bonchev–Trinajstić information content (AvgIpc) is 3.34. The van der Waals surface area contributed by atoms with E-state index in [0.29, 0.717) is 33.9 Å². The van der Waals surface area contributed by atoms with E-state index in [4.69, 9.17) is 15.5 Å². The van der Waals surface area contributed by atoms with Gasteiger partial charge in [0.05, 0.1) is 17.2 Å². The van der Waals surface area contributed by atoms with Gasteiger partial charge in [0.15, 0.2) is 22.8 Å². The lowest BCUT2D eigenvalue weighted by molar-refractivity contribution is 0.209. The Kier molecular flexibility index (Phi) is 3.69. The summed E-state index contributed by atoms with van der Waals surface area (Å²) in [4.78, 5) is 36.4. The molecule has 3 N–H and O–H groups in total. The van der Waals surface area contributed by atoms with Crippen LogP contribution >= 0.6 is 0 Å². The Labute approximate surface area is 163 Å². The number of aromatic nitrogens is 7. The molecule has 1 amide bonds. The molecule has 5 heterocycles. The minimum atomic E-state index is -0.928. The molecule has 0 radical (unpaired) electrons. The molecule has 5 aromatic heterocycles. The average molecular weight is 386 g/mol. The fourth-order valence-corrected chi connectivity index (χ4v) is 3.17. The number of aromatic amines is 1. The Morgan fingerprint density at radius 3 is 2.86 bits per heavy atom. The molecule has 142 valence electrons. The summed E-state index contributed by atoms with van der Waals surface area (Å²) in [6.45, 7) is 1.91. The third-order valence-corrected chi connectivity index (χ3v) is 4.38. The standard InChI is InChI=1S/C19H14N8O2/c1-10-3-2-4-12(24-10)15-25-16-14(22-9-23-16)17(26-15)27-8-6-11-13(27)5-7-21-18(11)29-19(20)28/h2-9H,1H3,(H2,20,28)(H,22,23,25,26). The van der Waals surface area contributed by atoms with Gasteiger partial charge in [-0.2, -0.15) is 0 Å². The zero-order chi connectivity index (χ0) is 20.0. The largest absolute Gasteiger partial charge is 0.411 e. The third kappa shape index (κ3) is 2.83. The van der Waals surface area contributed by atoms with E-state index >= 15 is 0 Å². The molecule has 0 bridgehead atoms. The Hall–Kier alpha value is -4.34. The number of fused-ring (bicyclic) bond motifs is 2. The molecule has 0 aliphatic rings. The summed E-state index contributed by atoms with van der Waals surface area (Å²) in [5.41, 5.74) is 8.55. The van der Waals surface area contributed by atoms with Crippen LogP contribution in [0.4, 0.5) is 4.79 Å². The monoisotopic (exact) mass is 386 g/mol. The number of primary amides is 1. The fraction of sp³-hybridized carbons (Fsp3) is 0.0526. The number of nitrogens with two attached hydrogens (primary N) is 1. The molecule has 0 aromatic carbocycles. The maximum Gasteiger partial charge on any atom is 0.411 e. The van der Waals surface area contributed by atoms with Gasteiger partial charge in [-0.3, -0.25) is 4.57 Å². The zero-order valence-corrected chi connectivity index (χ0v) is 15.2. The van der Waals surface area contributed by atoms with Gasteiger partial charge in [-0.15, -0.1) is 0 Å². The Bertz CT molecular complexity index is 1390. The molecule has 0 aliphatic heterocycles. The fourth-order valence-electron chi connectivity index (χ4n) is 3.17. The lowest BCUT2D eigenvalue weighted by Crippen LogP contribution is -2.17. The van der Waals surface area contributed by atoms with Crippen molar-refractivity contribution in [2.24, 2.45) is 5.73 Å². The first-order chi connectivity index (χ1) is 14.1. The molecule has 10 nitrogen and oxygen atoms in total. The number of hydrogen-bond acceptors (Lipinski definition) is 7. The van der Waals surface area contributed by atoms with Crippen molar-refractivity contribution >= 4 is 28.2 Å². The van der Waals surface area contributed by atoms with Crippen LogP contribution in [0.5, 0.6) is 5.88 Å². The van der Waals surface area contributed by atoms with E-state index < -0.39 is 6.09 Å². The van der Waals surface area contributed by atoms with E-state index in [1.165, 1.54) is 6.20 Å². The van der Waals surface area contributed by atoms with Gasteiger partial charge in [0, 0.05) is 18.1 Å². The predicted molar refractivity (Wildman–Crippen MR) is 104 cm³/mol. The number of pyridine rings is 2. The van der Waals surface area contributed by atoms with Gasteiger partial charge >= 0.3 is 6.09 Å². The number of imidazole rings is 1. The van der Waals surface area contributed by atoms with Gasteiger partial charge < -0.3 is 15.5 Å². The Morgan fingerprint density at radius 2 is 2.03 bits per heavy atom. The van der Waals surface area contributed by atoms with Gasteiger partial charge in [-0.25, -0.2) is 29.7 Å². The van der Waals surface area contributed by atoms with Gasteiger partial charge in [0.25, 0.3) is 0 Å². The van der Waals surface area contributed by atoms with Crippen molar-refractivity contribution in [3.05, 3.63) is 54.7 Å². The molecule has 5 rings (SSSR count). The second kappa shape index (κ2) is 6.37. The van der Waals surface area contributed by atoms with Crippen LogP contribution in [-0.2, 0) is 0 Å². The summed E-state index contributed by atoms with van der Waals surface area (Å²) in [5.74, 6) is 1.15. The first-order valence-corrected chi connectivity index (χ1v) is 8.69. The van der Waals surface area contributed by atoms with Crippen LogP contribution < -0.4 is 10.5 Å².